The summed E-state index contributed by atoms with van der Waals surface area (Å²) in [6, 6.07) is 13.9. The van der Waals surface area contributed by atoms with Crippen LogP contribution < -0.4 is 4.74 Å². The first-order valence-electron chi connectivity index (χ1n) is 12.3. The molecule has 2 aliphatic carbocycles. The number of ketones is 2. The average molecular weight is 614 g/mol. The Bertz CT molecular complexity index is 1270. The zero-order valence-corrected chi connectivity index (χ0v) is 24.2. The van der Waals surface area contributed by atoms with Gasteiger partial charge in [0, 0.05) is 46.9 Å². The van der Waals surface area contributed by atoms with Crippen molar-refractivity contribution in [3.05, 3.63) is 85.2 Å². The van der Waals surface area contributed by atoms with E-state index in [9.17, 15) is 9.59 Å². The Morgan fingerprint density at radius 1 is 0.861 bits per heavy atom. The summed E-state index contributed by atoms with van der Waals surface area (Å²) < 4.78 is 14.5. The molecule has 0 fully saturated rings. The summed E-state index contributed by atoms with van der Waals surface area (Å²) in [5.74, 6) is 1.62. The van der Waals surface area contributed by atoms with Crippen molar-refractivity contribution < 1.29 is 19.1 Å². The molecule has 3 aliphatic rings. The van der Waals surface area contributed by atoms with Crippen LogP contribution in [0.4, 0.5) is 0 Å². The molecule has 0 atom stereocenters. The van der Waals surface area contributed by atoms with Gasteiger partial charge in [-0.1, -0.05) is 74.0 Å². The molecule has 0 saturated carbocycles. The molecule has 0 saturated heterocycles. The molecule has 6 heteroatoms. The summed E-state index contributed by atoms with van der Waals surface area (Å²) in [6.07, 6.45) is 2.16. The maximum absolute atomic E-state index is 13.7. The van der Waals surface area contributed by atoms with Gasteiger partial charge in [0.05, 0.1) is 10.4 Å². The third kappa shape index (κ3) is 4.87. The number of hydrogen-bond donors (Lipinski definition) is 0. The third-order valence-electron chi connectivity index (χ3n) is 7.16. The minimum Gasteiger partial charge on any atom is -0.487 e. The van der Waals surface area contributed by atoms with Crippen molar-refractivity contribution >= 4 is 43.4 Å². The lowest BCUT2D eigenvalue weighted by atomic mass is 9.65. The first-order chi connectivity index (χ1) is 16.9. The Kier molecular flexibility index (Phi) is 6.57. The number of allylic oxidation sites excluding steroid dienone is 4. The molecule has 0 bridgehead atoms. The van der Waals surface area contributed by atoms with Gasteiger partial charge in [-0.3, -0.25) is 9.59 Å². The molecule has 0 aromatic heterocycles. The highest BCUT2D eigenvalue weighted by Crippen LogP contribution is 2.55. The van der Waals surface area contributed by atoms with Gasteiger partial charge < -0.3 is 9.47 Å². The monoisotopic (exact) mass is 612 g/mol. The zero-order chi connectivity index (χ0) is 25.8. The molecule has 0 unspecified atom stereocenters. The highest BCUT2D eigenvalue weighted by Gasteiger charge is 2.48. The minimum atomic E-state index is -0.518. The maximum Gasteiger partial charge on any atom is 0.163 e. The van der Waals surface area contributed by atoms with Gasteiger partial charge >= 0.3 is 0 Å². The predicted molar refractivity (Wildman–Crippen MR) is 147 cm³/mol. The number of carbonyl (C=O) groups excluding carboxylic acids is 2. The van der Waals surface area contributed by atoms with Crippen LogP contribution in [0.25, 0.3) is 0 Å². The second-order valence-corrected chi connectivity index (χ2v) is 13.4. The average Bonchev–Trinajstić information content (AvgIpc) is 2.75. The van der Waals surface area contributed by atoms with Gasteiger partial charge in [-0.2, -0.15) is 0 Å². The number of carbonyl (C=O) groups is 2. The molecule has 0 N–H and O–H groups in total. The topological polar surface area (TPSA) is 52.6 Å². The van der Waals surface area contributed by atoms with Crippen molar-refractivity contribution in [2.75, 3.05) is 0 Å². The second-order valence-electron chi connectivity index (χ2n) is 11.7. The van der Waals surface area contributed by atoms with Gasteiger partial charge in [0.25, 0.3) is 0 Å². The van der Waals surface area contributed by atoms with Crippen molar-refractivity contribution in [2.24, 2.45) is 10.8 Å². The molecule has 0 radical (unpaired) electrons. The summed E-state index contributed by atoms with van der Waals surface area (Å²) in [4.78, 5) is 27.3. The van der Waals surface area contributed by atoms with Crippen LogP contribution in [0.15, 0.2) is 74.1 Å². The number of ether oxygens (including phenoxy) is 2. The van der Waals surface area contributed by atoms with E-state index in [2.05, 4.69) is 59.6 Å². The molecule has 0 spiro atoms. The van der Waals surface area contributed by atoms with E-state index in [1.54, 1.807) is 0 Å². The van der Waals surface area contributed by atoms with Crippen molar-refractivity contribution in [2.45, 2.75) is 65.9 Å². The van der Waals surface area contributed by atoms with Gasteiger partial charge in [0.15, 0.2) is 11.6 Å². The maximum atomic E-state index is 13.7. The van der Waals surface area contributed by atoms with Crippen molar-refractivity contribution in [3.8, 4) is 5.75 Å². The molecular weight excluding hydrogens is 584 g/mol. The summed E-state index contributed by atoms with van der Waals surface area (Å²) in [5.41, 5.74) is 2.66. The Hall–Kier alpha value is -2.18. The lowest BCUT2D eigenvalue weighted by Gasteiger charge is -2.43. The Labute approximate surface area is 229 Å². The molecule has 1 aliphatic heterocycles. The molecule has 2 aromatic carbocycles. The molecule has 36 heavy (non-hydrogen) atoms. The summed E-state index contributed by atoms with van der Waals surface area (Å²) >= 11 is 7.33. The highest BCUT2D eigenvalue weighted by molar-refractivity contribution is 9.11. The SMILES string of the molecule is CC1(C)CC(=O)C2=C(C1)OC1=C(C(=O)CC(C)(C)C1)C2c1cc(Br)cc(Br)c1OCc1ccccc1. The standard InChI is InChI=1S/C30H30Br2O4/c1-29(2)12-21(33)26-23(14-29)36-24-15-30(3,4)13-22(34)27(24)25(26)19-10-18(31)11-20(32)28(19)35-16-17-8-6-5-7-9-17/h5-11,25H,12-16H2,1-4H3. The van der Waals surface area contributed by atoms with Crippen molar-refractivity contribution in [1.82, 2.24) is 0 Å². The number of benzene rings is 2. The van der Waals surface area contributed by atoms with Crippen molar-refractivity contribution in [1.29, 1.82) is 0 Å². The van der Waals surface area contributed by atoms with Crippen LogP contribution in [0.1, 0.15) is 70.4 Å². The molecule has 188 valence electrons. The number of halogens is 2. The first-order valence-corrected chi connectivity index (χ1v) is 13.9. The van der Waals surface area contributed by atoms with E-state index < -0.39 is 5.92 Å². The Balaban J connectivity index is 1.69. The van der Waals surface area contributed by atoms with Gasteiger partial charge in [-0.15, -0.1) is 0 Å². The van der Waals surface area contributed by atoms with E-state index in [1.165, 1.54) is 0 Å². The van der Waals surface area contributed by atoms with Crippen LogP contribution in [0, 0.1) is 10.8 Å². The summed E-state index contributed by atoms with van der Waals surface area (Å²) in [7, 11) is 0. The van der Waals surface area contributed by atoms with Crippen LogP contribution in [0.2, 0.25) is 0 Å². The summed E-state index contributed by atoms with van der Waals surface area (Å²) in [5, 5.41) is 0. The number of hydrogen-bond acceptors (Lipinski definition) is 4. The molecule has 1 heterocycles. The second kappa shape index (κ2) is 9.29. The van der Waals surface area contributed by atoms with E-state index in [1.807, 2.05) is 42.5 Å². The largest absolute Gasteiger partial charge is 0.487 e. The van der Waals surface area contributed by atoms with E-state index in [4.69, 9.17) is 9.47 Å². The fourth-order valence-electron chi connectivity index (χ4n) is 5.66. The lowest BCUT2D eigenvalue weighted by Crippen LogP contribution is -2.37. The van der Waals surface area contributed by atoms with Gasteiger partial charge in [-0.05, 0) is 44.5 Å². The smallest absolute Gasteiger partial charge is 0.163 e. The number of Topliss-reactive ketones (excluding diaryl/α,β-unsaturated/α-hetero) is 2. The highest BCUT2D eigenvalue weighted by atomic mass is 79.9. The molecule has 0 amide bonds. The van der Waals surface area contributed by atoms with E-state index >= 15 is 0 Å². The van der Waals surface area contributed by atoms with Crippen LogP contribution in [0.3, 0.4) is 0 Å². The van der Waals surface area contributed by atoms with Crippen LogP contribution in [0.5, 0.6) is 5.75 Å². The quantitative estimate of drug-likeness (QED) is 0.349. The molecule has 2 aromatic rings. The van der Waals surface area contributed by atoms with Gasteiger partial charge in [0.2, 0.25) is 0 Å². The summed E-state index contributed by atoms with van der Waals surface area (Å²) in [6.45, 7) is 8.75. The fourth-order valence-corrected chi connectivity index (χ4v) is 7.04. The third-order valence-corrected chi connectivity index (χ3v) is 8.20. The first kappa shape index (κ1) is 25.5. The molecule has 5 rings (SSSR count). The Morgan fingerprint density at radius 2 is 1.42 bits per heavy atom. The number of rotatable bonds is 4. The van der Waals surface area contributed by atoms with Crippen LogP contribution in [-0.2, 0) is 20.9 Å². The van der Waals surface area contributed by atoms with E-state index in [0.29, 0.717) is 60.7 Å². The predicted octanol–water partition coefficient (Wildman–Crippen LogP) is 8.19. The lowest BCUT2D eigenvalue weighted by molar-refractivity contribution is -0.120. The van der Waals surface area contributed by atoms with Crippen LogP contribution in [-0.4, -0.2) is 11.6 Å². The van der Waals surface area contributed by atoms with Gasteiger partial charge in [-0.25, -0.2) is 0 Å². The Morgan fingerprint density at radius 3 is 1.97 bits per heavy atom. The minimum absolute atomic E-state index is 0.0422. The van der Waals surface area contributed by atoms with E-state index in [0.717, 1.165) is 20.1 Å². The molecule has 4 nitrogen and oxygen atoms in total. The van der Waals surface area contributed by atoms with Crippen molar-refractivity contribution in [3.63, 3.8) is 0 Å². The van der Waals surface area contributed by atoms with E-state index in [-0.39, 0.29) is 22.4 Å². The normalized spacial score (nSPS) is 21.2. The fraction of sp³-hybridized carbons (Fsp3) is 0.400. The van der Waals surface area contributed by atoms with Crippen LogP contribution >= 0.6 is 31.9 Å². The van der Waals surface area contributed by atoms with Gasteiger partial charge in [0.1, 0.15) is 23.9 Å². The zero-order valence-electron chi connectivity index (χ0n) is 21.0. The molecular formula is C30H30Br2O4.